The molecule has 0 fully saturated rings. The zero-order valence-electron chi connectivity index (χ0n) is 14.2. The van der Waals surface area contributed by atoms with Crippen LogP contribution in [0.3, 0.4) is 0 Å². The van der Waals surface area contributed by atoms with Gasteiger partial charge in [0.1, 0.15) is 5.82 Å². The van der Waals surface area contributed by atoms with Gasteiger partial charge in [-0.25, -0.2) is 9.78 Å². The molecular weight excluding hydrogens is 292 g/mol. The quantitative estimate of drug-likeness (QED) is 0.888. The third-order valence-corrected chi connectivity index (χ3v) is 3.52. The maximum Gasteiger partial charge on any atom is 0.318 e. The number of hydrogen-bond acceptors (Lipinski definition) is 4. The Hall–Kier alpha value is -2.44. The van der Waals surface area contributed by atoms with Gasteiger partial charge >= 0.3 is 6.03 Å². The van der Waals surface area contributed by atoms with E-state index in [-0.39, 0.29) is 24.2 Å². The number of nitrogens with zero attached hydrogens (tertiary/aromatic N) is 4. The van der Waals surface area contributed by atoms with Crippen LogP contribution >= 0.6 is 0 Å². The number of rotatable bonds is 5. The zero-order valence-corrected chi connectivity index (χ0v) is 14.2. The smallest absolute Gasteiger partial charge is 0.318 e. The average molecular weight is 316 g/mol. The first-order valence-corrected chi connectivity index (χ1v) is 7.81. The Morgan fingerprint density at radius 3 is 2.48 bits per heavy atom. The minimum atomic E-state index is -0.263. The molecule has 0 unspecified atom stereocenters. The minimum Gasteiger partial charge on any atom is -0.328 e. The molecule has 124 valence electrons. The zero-order chi connectivity index (χ0) is 17.0. The van der Waals surface area contributed by atoms with Crippen molar-refractivity contribution in [3.05, 3.63) is 30.4 Å². The minimum absolute atomic E-state index is 0.109. The molecule has 0 radical (unpaired) electrons. The molecule has 2 aromatic heterocycles. The lowest BCUT2D eigenvalue weighted by molar-refractivity contribution is 0.161. The van der Waals surface area contributed by atoms with Crippen molar-refractivity contribution in [3.8, 4) is 11.4 Å². The lowest BCUT2D eigenvalue weighted by atomic mass is 10.2. The monoisotopic (exact) mass is 316 g/mol. The van der Waals surface area contributed by atoms with Crippen LogP contribution in [-0.4, -0.2) is 43.2 Å². The highest BCUT2D eigenvalue weighted by Gasteiger charge is 2.23. The van der Waals surface area contributed by atoms with E-state index in [9.17, 15) is 4.79 Å². The molecule has 7 nitrogen and oxygen atoms in total. The number of aromatic amines is 1. The van der Waals surface area contributed by atoms with Crippen LogP contribution in [0.25, 0.3) is 11.4 Å². The van der Waals surface area contributed by atoms with Crippen molar-refractivity contribution in [2.75, 3.05) is 0 Å². The van der Waals surface area contributed by atoms with Gasteiger partial charge in [0.15, 0.2) is 5.82 Å². The fraction of sp³-hybridized carbons (Fsp3) is 0.500. The molecule has 0 saturated heterocycles. The van der Waals surface area contributed by atoms with E-state index >= 15 is 0 Å². The van der Waals surface area contributed by atoms with Gasteiger partial charge in [-0.15, -0.1) is 0 Å². The van der Waals surface area contributed by atoms with E-state index in [1.165, 1.54) is 0 Å². The van der Waals surface area contributed by atoms with E-state index in [0.717, 1.165) is 5.56 Å². The summed E-state index contributed by atoms with van der Waals surface area (Å²) in [6, 6.07) is 3.61. The fourth-order valence-electron chi connectivity index (χ4n) is 2.49. The van der Waals surface area contributed by atoms with Crippen LogP contribution in [0.1, 0.15) is 46.5 Å². The van der Waals surface area contributed by atoms with Crippen LogP contribution in [0.4, 0.5) is 4.79 Å². The van der Waals surface area contributed by atoms with Gasteiger partial charge in [0, 0.05) is 30.0 Å². The summed E-state index contributed by atoms with van der Waals surface area (Å²) in [6.45, 7) is 9.88. The highest BCUT2D eigenvalue weighted by atomic mass is 16.2. The van der Waals surface area contributed by atoms with Crippen molar-refractivity contribution in [1.29, 1.82) is 0 Å². The molecule has 0 aromatic carbocycles. The van der Waals surface area contributed by atoms with Gasteiger partial charge in [-0.3, -0.25) is 10.1 Å². The number of carbonyl (C=O) groups is 1. The third-order valence-electron chi connectivity index (χ3n) is 3.52. The van der Waals surface area contributed by atoms with E-state index < -0.39 is 0 Å². The van der Waals surface area contributed by atoms with Gasteiger partial charge in [-0.1, -0.05) is 0 Å². The standard InChI is InChI=1S/C16H24N6O/c1-10(2)22(11(3)4)16(23)18-12(5)14-19-15(21-20-14)13-7-6-8-17-9-13/h6-12H,1-5H3,(H,18,23)(H,19,20,21)/t12-/m1/s1. The summed E-state index contributed by atoms with van der Waals surface area (Å²) >= 11 is 0. The summed E-state index contributed by atoms with van der Waals surface area (Å²) in [5.41, 5.74) is 0.833. The highest BCUT2D eigenvalue weighted by Crippen LogP contribution is 2.16. The topological polar surface area (TPSA) is 86.8 Å². The van der Waals surface area contributed by atoms with Crippen LogP contribution in [0.15, 0.2) is 24.5 Å². The van der Waals surface area contributed by atoms with Crippen molar-refractivity contribution >= 4 is 6.03 Å². The van der Waals surface area contributed by atoms with Gasteiger partial charge in [0.2, 0.25) is 0 Å². The van der Waals surface area contributed by atoms with E-state index in [1.807, 2.05) is 46.8 Å². The Kier molecular flexibility index (Phi) is 5.31. The van der Waals surface area contributed by atoms with Crippen LogP contribution in [0.2, 0.25) is 0 Å². The van der Waals surface area contributed by atoms with E-state index in [2.05, 4.69) is 25.5 Å². The molecule has 0 bridgehead atoms. The number of amides is 2. The van der Waals surface area contributed by atoms with Crippen LogP contribution in [0.5, 0.6) is 0 Å². The second-order valence-corrected chi connectivity index (χ2v) is 6.05. The molecule has 2 aromatic rings. The molecule has 7 heteroatoms. The maximum atomic E-state index is 12.4. The summed E-state index contributed by atoms with van der Waals surface area (Å²) in [6.07, 6.45) is 3.40. The predicted molar refractivity (Wildman–Crippen MR) is 88.7 cm³/mol. The highest BCUT2D eigenvalue weighted by molar-refractivity contribution is 5.75. The molecule has 1 atom stereocenters. The number of carbonyl (C=O) groups excluding carboxylic acids is 1. The fourth-order valence-corrected chi connectivity index (χ4v) is 2.49. The van der Waals surface area contributed by atoms with Gasteiger partial charge in [-0.05, 0) is 46.8 Å². The Labute approximate surface area is 136 Å². The molecule has 2 heterocycles. The summed E-state index contributed by atoms with van der Waals surface area (Å²) in [5, 5.41) is 10.0. The van der Waals surface area contributed by atoms with Gasteiger partial charge in [0.05, 0.1) is 6.04 Å². The molecule has 23 heavy (non-hydrogen) atoms. The number of pyridine rings is 1. The first kappa shape index (κ1) is 16.9. The van der Waals surface area contributed by atoms with E-state index in [0.29, 0.717) is 11.6 Å². The van der Waals surface area contributed by atoms with Crippen LogP contribution < -0.4 is 5.32 Å². The van der Waals surface area contributed by atoms with Crippen molar-refractivity contribution < 1.29 is 4.79 Å². The summed E-state index contributed by atoms with van der Waals surface area (Å²) in [5.74, 6) is 1.18. The lowest BCUT2D eigenvalue weighted by Gasteiger charge is -2.31. The Morgan fingerprint density at radius 1 is 1.22 bits per heavy atom. The SMILES string of the molecule is CC(C)N(C(=O)N[C@H](C)c1nc(-c2cccnc2)n[nH]1)C(C)C. The number of aromatic nitrogens is 4. The van der Waals surface area contributed by atoms with E-state index in [4.69, 9.17) is 0 Å². The summed E-state index contributed by atoms with van der Waals surface area (Å²) < 4.78 is 0. The van der Waals surface area contributed by atoms with Gasteiger partial charge < -0.3 is 10.2 Å². The first-order valence-electron chi connectivity index (χ1n) is 7.81. The van der Waals surface area contributed by atoms with Crippen molar-refractivity contribution in [2.45, 2.75) is 52.7 Å². The molecule has 0 spiro atoms. The summed E-state index contributed by atoms with van der Waals surface area (Å²) in [7, 11) is 0. The molecule has 2 rings (SSSR count). The number of urea groups is 1. The number of H-pyrrole nitrogens is 1. The number of hydrogen-bond donors (Lipinski definition) is 2. The third kappa shape index (κ3) is 4.06. The molecule has 0 aliphatic rings. The Bertz CT molecular complexity index is 629. The van der Waals surface area contributed by atoms with Gasteiger partial charge in [0.25, 0.3) is 0 Å². The molecule has 2 amide bonds. The second-order valence-electron chi connectivity index (χ2n) is 6.05. The molecule has 2 N–H and O–H groups in total. The Balaban J connectivity index is 2.08. The maximum absolute atomic E-state index is 12.4. The van der Waals surface area contributed by atoms with E-state index in [1.54, 1.807) is 17.3 Å². The second kappa shape index (κ2) is 7.21. The molecular formula is C16H24N6O. The average Bonchev–Trinajstić information content (AvgIpc) is 2.97. The predicted octanol–water partition coefficient (Wildman–Crippen LogP) is 2.76. The largest absolute Gasteiger partial charge is 0.328 e. The van der Waals surface area contributed by atoms with Crippen molar-refractivity contribution in [1.82, 2.24) is 30.4 Å². The molecule has 0 aliphatic carbocycles. The molecule has 0 saturated carbocycles. The summed E-state index contributed by atoms with van der Waals surface area (Å²) in [4.78, 5) is 22.7. The number of nitrogens with one attached hydrogen (secondary N) is 2. The van der Waals surface area contributed by atoms with Crippen molar-refractivity contribution in [3.63, 3.8) is 0 Å². The molecule has 0 aliphatic heterocycles. The van der Waals surface area contributed by atoms with Crippen LogP contribution in [-0.2, 0) is 0 Å². The Morgan fingerprint density at radius 2 is 1.91 bits per heavy atom. The normalized spacial score (nSPS) is 12.5. The lowest BCUT2D eigenvalue weighted by Crippen LogP contribution is -2.48. The van der Waals surface area contributed by atoms with Crippen molar-refractivity contribution in [2.24, 2.45) is 0 Å². The van der Waals surface area contributed by atoms with Gasteiger partial charge in [-0.2, -0.15) is 5.10 Å². The first-order chi connectivity index (χ1) is 10.9. The van der Waals surface area contributed by atoms with Crippen LogP contribution in [0, 0.1) is 0 Å².